The lowest BCUT2D eigenvalue weighted by molar-refractivity contribution is 0.555. The van der Waals surface area contributed by atoms with Crippen molar-refractivity contribution in [1.82, 2.24) is 9.55 Å². The number of aryl methyl sites for hydroxylation is 1. The monoisotopic (exact) mass is 167 g/mol. The molecule has 1 rings (SSSR count). The predicted octanol–water partition coefficient (Wildman–Crippen LogP) is 1.27. The van der Waals surface area contributed by atoms with Gasteiger partial charge in [0.25, 0.3) is 0 Å². The van der Waals surface area contributed by atoms with Crippen LogP contribution in [0.5, 0.6) is 0 Å². The van der Waals surface area contributed by atoms with E-state index in [1.54, 1.807) is 0 Å². The Labute approximate surface area is 73.6 Å². The van der Waals surface area contributed by atoms with Crippen LogP contribution in [0.15, 0.2) is 6.20 Å². The quantitative estimate of drug-likeness (QED) is 0.736. The summed E-state index contributed by atoms with van der Waals surface area (Å²) in [5, 5.41) is 0. The zero-order valence-corrected chi connectivity index (χ0v) is 8.04. The van der Waals surface area contributed by atoms with Gasteiger partial charge in [-0.1, -0.05) is 0 Å². The van der Waals surface area contributed by atoms with E-state index in [9.17, 15) is 0 Å². The highest BCUT2D eigenvalue weighted by Gasteiger charge is 2.07. The second-order valence-electron chi connectivity index (χ2n) is 3.32. The van der Waals surface area contributed by atoms with Gasteiger partial charge in [-0.15, -0.1) is 0 Å². The molecule has 0 aliphatic heterocycles. The summed E-state index contributed by atoms with van der Waals surface area (Å²) in [6, 6.07) is 0.481. The molecule has 0 amide bonds. The van der Waals surface area contributed by atoms with Crippen LogP contribution in [0.4, 0.5) is 0 Å². The third-order valence-corrected chi connectivity index (χ3v) is 1.94. The van der Waals surface area contributed by atoms with Crippen LogP contribution >= 0.6 is 0 Å². The molecule has 68 valence electrons. The number of hydrogen-bond acceptors (Lipinski definition) is 2. The number of hydrogen-bond donors (Lipinski definition) is 1. The van der Waals surface area contributed by atoms with Gasteiger partial charge in [-0.05, 0) is 27.3 Å². The van der Waals surface area contributed by atoms with Crippen molar-refractivity contribution in [3.63, 3.8) is 0 Å². The molecule has 2 N–H and O–H groups in total. The summed E-state index contributed by atoms with van der Waals surface area (Å²) in [4.78, 5) is 4.31. The molecule has 1 aromatic rings. The Morgan fingerprint density at radius 3 is 2.75 bits per heavy atom. The fourth-order valence-corrected chi connectivity index (χ4v) is 1.52. The second-order valence-corrected chi connectivity index (χ2v) is 3.32. The maximum absolute atomic E-state index is 5.49. The predicted molar refractivity (Wildman–Crippen MR) is 50.1 cm³/mol. The Bertz CT molecular complexity index is 250. The van der Waals surface area contributed by atoms with Crippen molar-refractivity contribution in [2.45, 2.75) is 33.2 Å². The summed E-state index contributed by atoms with van der Waals surface area (Å²) in [5.74, 6) is 1.10. The summed E-state index contributed by atoms with van der Waals surface area (Å²) >= 11 is 0. The van der Waals surface area contributed by atoms with Gasteiger partial charge in [0.15, 0.2) is 0 Å². The topological polar surface area (TPSA) is 43.8 Å². The van der Waals surface area contributed by atoms with Gasteiger partial charge in [-0.25, -0.2) is 4.98 Å². The third kappa shape index (κ3) is 1.67. The molecule has 0 aliphatic rings. The molecule has 0 bridgehead atoms. The van der Waals surface area contributed by atoms with Gasteiger partial charge >= 0.3 is 0 Å². The Morgan fingerprint density at radius 2 is 2.25 bits per heavy atom. The minimum atomic E-state index is 0.481. The summed E-state index contributed by atoms with van der Waals surface area (Å²) in [6.45, 7) is 7.07. The van der Waals surface area contributed by atoms with Gasteiger partial charge < -0.3 is 10.3 Å². The van der Waals surface area contributed by atoms with Gasteiger partial charge in [0.05, 0.1) is 0 Å². The molecule has 0 spiro atoms. The summed E-state index contributed by atoms with van der Waals surface area (Å²) < 4.78 is 2.23. The first kappa shape index (κ1) is 9.26. The Balaban J connectivity index is 2.95. The lowest BCUT2D eigenvalue weighted by Crippen LogP contribution is -2.12. The molecule has 12 heavy (non-hydrogen) atoms. The van der Waals surface area contributed by atoms with Gasteiger partial charge in [0, 0.05) is 24.4 Å². The third-order valence-electron chi connectivity index (χ3n) is 1.94. The first-order valence-corrected chi connectivity index (χ1v) is 4.39. The highest BCUT2D eigenvalue weighted by molar-refractivity contribution is 5.05. The molecule has 0 radical (unpaired) electrons. The van der Waals surface area contributed by atoms with Crippen LogP contribution in [-0.2, 0) is 6.42 Å². The molecule has 3 nitrogen and oxygen atoms in total. The Hall–Kier alpha value is -0.830. The lowest BCUT2D eigenvalue weighted by Gasteiger charge is -2.13. The molecule has 1 heterocycles. The number of rotatable bonds is 3. The lowest BCUT2D eigenvalue weighted by atomic mass is 10.3. The highest BCUT2D eigenvalue weighted by Crippen LogP contribution is 2.12. The molecule has 0 aromatic carbocycles. The van der Waals surface area contributed by atoms with E-state index in [0.717, 1.165) is 12.2 Å². The van der Waals surface area contributed by atoms with Crippen LogP contribution in [0.25, 0.3) is 0 Å². The van der Waals surface area contributed by atoms with Crippen molar-refractivity contribution in [2.75, 3.05) is 6.54 Å². The molecular weight excluding hydrogens is 150 g/mol. The van der Waals surface area contributed by atoms with Crippen LogP contribution in [0.2, 0.25) is 0 Å². The van der Waals surface area contributed by atoms with Gasteiger partial charge in [0.1, 0.15) is 5.82 Å². The molecule has 1 aromatic heterocycles. The Morgan fingerprint density at radius 1 is 1.58 bits per heavy atom. The zero-order chi connectivity index (χ0) is 9.14. The summed E-state index contributed by atoms with van der Waals surface area (Å²) in [7, 11) is 0. The van der Waals surface area contributed by atoms with Gasteiger partial charge in [-0.2, -0.15) is 0 Å². The molecule has 0 saturated carbocycles. The Kier molecular flexibility index (Phi) is 2.87. The largest absolute Gasteiger partial charge is 0.330 e. The average Bonchev–Trinajstić information content (AvgIpc) is 2.32. The highest BCUT2D eigenvalue weighted by atomic mass is 15.1. The first-order chi connectivity index (χ1) is 5.66. The minimum Gasteiger partial charge on any atom is -0.330 e. The van der Waals surface area contributed by atoms with Crippen LogP contribution in [0, 0.1) is 6.92 Å². The van der Waals surface area contributed by atoms with Crippen molar-refractivity contribution in [2.24, 2.45) is 5.73 Å². The van der Waals surface area contributed by atoms with E-state index in [1.807, 2.05) is 6.20 Å². The molecular formula is C9H17N3. The zero-order valence-electron chi connectivity index (χ0n) is 8.04. The maximum atomic E-state index is 5.49. The standard InChI is InChI=1S/C9H17N3/c1-7(2)12-8(3)6-11-9(12)4-5-10/h6-7H,4-5,10H2,1-3H3. The normalized spacial score (nSPS) is 11.1. The van der Waals surface area contributed by atoms with E-state index in [1.165, 1.54) is 5.69 Å². The molecule has 0 aliphatic carbocycles. The molecule has 0 unspecified atom stereocenters. The number of nitrogens with zero attached hydrogens (tertiary/aromatic N) is 2. The van der Waals surface area contributed by atoms with Crippen LogP contribution < -0.4 is 5.73 Å². The van der Waals surface area contributed by atoms with Gasteiger partial charge in [0.2, 0.25) is 0 Å². The first-order valence-electron chi connectivity index (χ1n) is 4.39. The minimum absolute atomic E-state index is 0.481. The fourth-order valence-electron chi connectivity index (χ4n) is 1.52. The van der Waals surface area contributed by atoms with Crippen LogP contribution in [-0.4, -0.2) is 16.1 Å². The second kappa shape index (κ2) is 3.72. The van der Waals surface area contributed by atoms with Crippen molar-refractivity contribution in [3.05, 3.63) is 17.7 Å². The summed E-state index contributed by atoms with van der Waals surface area (Å²) in [5.41, 5.74) is 6.70. The van der Waals surface area contributed by atoms with E-state index in [0.29, 0.717) is 12.6 Å². The fraction of sp³-hybridized carbons (Fsp3) is 0.667. The molecule has 0 fully saturated rings. The van der Waals surface area contributed by atoms with E-state index in [-0.39, 0.29) is 0 Å². The van der Waals surface area contributed by atoms with Crippen molar-refractivity contribution < 1.29 is 0 Å². The molecule has 0 atom stereocenters. The van der Waals surface area contributed by atoms with Crippen molar-refractivity contribution >= 4 is 0 Å². The van der Waals surface area contributed by atoms with Crippen LogP contribution in [0.3, 0.4) is 0 Å². The van der Waals surface area contributed by atoms with Crippen molar-refractivity contribution in [1.29, 1.82) is 0 Å². The molecule has 3 heteroatoms. The van der Waals surface area contributed by atoms with E-state index >= 15 is 0 Å². The van der Waals surface area contributed by atoms with E-state index < -0.39 is 0 Å². The molecule has 0 saturated heterocycles. The van der Waals surface area contributed by atoms with Crippen LogP contribution in [0.1, 0.15) is 31.4 Å². The summed E-state index contributed by atoms with van der Waals surface area (Å²) in [6.07, 6.45) is 2.77. The maximum Gasteiger partial charge on any atom is 0.110 e. The smallest absolute Gasteiger partial charge is 0.110 e. The number of nitrogens with two attached hydrogens (primary N) is 1. The van der Waals surface area contributed by atoms with E-state index in [4.69, 9.17) is 5.73 Å². The van der Waals surface area contributed by atoms with Crippen molar-refractivity contribution in [3.8, 4) is 0 Å². The van der Waals surface area contributed by atoms with E-state index in [2.05, 4.69) is 30.3 Å². The SMILES string of the molecule is Cc1cnc(CCN)n1C(C)C. The number of aromatic nitrogens is 2. The van der Waals surface area contributed by atoms with Gasteiger partial charge in [-0.3, -0.25) is 0 Å². The average molecular weight is 167 g/mol. The number of imidazole rings is 1.